The van der Waals surface area contributed by atoms with Crippen molar-refractivity contribution >= 4 is 34.1 Å². The fraction of sp³-hybridized carbons (Fsp3) is 0.462. The zero-order chi connectivity index (χ0) is 21.8. The number of hydrogen-bond donors (Lipinski definition) is 1. The van der Waals surface area contributed by atoms with Gasteiger partial charge in [0.05, 0.1) is 22.1 Å². The summed E-state index contributed by atoms with van der Waals surface area (Å²) >= 11 is 12.8. The predicted molar refractivity (Wildman–Crippen MR) is 132 cm³/mol. The Morgan fingerprint density at radius 2 is 1.87 bits per heavy atom. The quantitative estimate of drug-likeness (QED) is 0.298. The number of halogens is 2. The SMILES string of the molecule is CCNCCc1c(C)n(CCOc2cccc3c2CCCCC3)c2cc(Cl)c(Cl)cc12. The molecule has 1 N–H and O–H groups in total. The smallest absolute Gasteiger partial charge is 0.122 e. The summed E-state index contributed by atoms with van der Waals surface area (Å²) in [5, 5.41) is 5.83. The van der Waals surface area contributed by atoms with Gasteiger partial charge in [-0.25, -0.2) is 0 Å². The van der Waals surface area contributed by atoms with Crippen molar-refractivity contribution in [3.8, 4) is 5.75 Å². The van der Waals surface area contributed by atoms with Gasteiger partial charge in [-0.15, -0.1) is 0 Å². The Kier molecular flexibility index (Phi) is 7.47. The van der Waals surface area contributed by atoms with E-state index in [1.165, 1.54) is 53.5 Å². The van der Waals surface area contributed by atoms with Crippen molar-refractivity contribution in [3.05, 3.63) is 62.8 Å². The van der Waals surface area contributed by atoms with E-state index in [0.717, 1.165) is 43.7 Å². The van der Waals surface area contributed by atoms with Gasteiger partial charge in [-0.3, -0.25) is 0 Å². The number of ether oxygens (including phenoxy) is 1. The lowest BCUT2D eigenvalue weighted by molar-refractivity contribution is 0.296. The highest BCUT2D eigenvalue weighted by atomic mass is 35.5. The molecule has 1 aromatic heterocycles. The van der Waals surface area contributed by atoms with Crippen LogP contribution in [-0.4, -0.2) is 24.3 Å². The Balaban J connectivity index is 1.57. The van der Waals surface area contributed by atoms with E-state index in [1.807, 2.05) is 12.1 Å². The van der Waals surface area contributed by atoms with E-state index in [1.54, 1.807) is 0 Å². The molecule has 1 heterocycles. The standard InChI is InChI=1S/C26H32Cl2N2O/c1-3-29-13-12-20-18(2)30(25-17-24(28)23(27)16-22(20)25)14-15-31-26-11-7-9-19-8-5-4-6-10-21(19)26/h7,9,11,16-17,29H,3-6,8,10,12-15H2,1-2H3. The van der Waals surface area contributed by atoms with Crippen LogP contribution in [-0.2, 0) is 25.8 Å². The van der Waals surface area contributed by atoms with E-state index in [9.17, 15) is 0 Å². The molecule has 0 radical (unpaired) electrons. The molecule has 31 heavy (non-hydrogen) atoms. The molecule has 0 atom stereocenters. The maximum atomic E-state index is 6.38. The second kappa shape index (κ2) is 10.3. The molecule has 0 amide bonds. The molecule has 0 fully saturated rings. The number of benzene rings is 2. The Morgan fingerprint density at radius 3 is 2.71 bits per heavy atom. The summed E-state index contributed by atoms with van der Waals surface area (Å²) in [6.45, 7) is 7.66. The third-order valence-electron chi connectivity index (χ3n) is 6.47. The number of fused-ring (bicyclic) bond motifs is 2. The van der Waals surface area contributed by atoms with Crippen LogP contribution < -0.4 is 10.1 Å². The van der Waals surface area contributed by atoms with E-state index >= 15 is 0 Å². The summed E-state index contributed by atoms with van der Waals surface area (Å²) in [6, 6.07) is 10.5. The summed E-state index contributed by atoms with van der Waals surface area (Å²) in [5.74, 6) is 1.06. The van der Waals surface area contributed by atoms with Crippen molar-refractivity contribution in [3.63, 3.8) is 0 Å². The molecule has 3 nitrogen and oxygen atoms in total. The molecule has 0 bridgehead atoms. The van der Waals surface area contributed by atoms with Gasteiger partial charge in [0.25, 0.3) is 0 Å². The van der Waals surface area contributed by atoms with E-state index in [-0.39, 0.29) is 0 Å². The highest BCUT2D eigenvalue weighted by Crippen LogP contribution is 2.34. The fourth-order valence-corrected chi connectivity index (χ4v) is 5.16. The van der Waals surface area contributed by atoms with Crippen LogP contribution in [0.3, 0.4) is 0 Å². The average Bonchev–Trinajstić information content (AvgIpc) is 2.92. The lowest BCUT2D eigenvalue weighted by atomic mass is 10.0. The van der Waals surface area contributed by atoms with Gasteiger partial charge in [0.15, 0.2) is 0 Å². The van der Waals surface area contributed by atoms with E-state index < -0.39 is 0 Å². The molecule has 4 rings (SSSR count). The van der Waals surface area contributed by atoms with Crippen LogP contribution in [0.2, 0.25) is 10.0 Å². The number of aryl methyl sites for hydroxylation is 1. The van der Waals surface area contributed by atoms with Gasteiger partial charge in [-0.1, -0.05) is 48.7 Å². The summed E-state index contributed by atoms with van der Waals surface area (Å²) in [5.41, 5.74) is 6.61. The molecular weight excluding hydrogens is 427 g/mol. The molecule has 3 aromatic rings. The van der Waals surface area contributed by atoms with Gasteiger partial charge in [0.1, 0.15) is 12.4 Å². The maximum absolute atomic E-state index is 6.38. The van der Waals surface area contributed by atoms with Crippen molar-refractivity contribution in [2.75, 3.05) is 19.7 Å². The third kappa shape index (κ3) is 4.89. The van der Waals surface area contributed by atoms with E-state index in [4.69, 9.17) is 27.9 Å². The number of rotatable bonds is 8. The fourth-order valence-electron chi connectivity index (χ4n) is 4.84. The van der Waals surface area contributed by atoms with Crippen LogP contribution >= 0.6 is 23.2 Å². The molecule has 0 spiro atoms. The zero-order valence-electron chi connectivity index (χ0n) is 18.6. The second-order valence-corrected chi connectivity index (χ2v) is 9.22. The van der Waals surface area contributed by atoms with Crippen LogP contribution in [0.15, 0.2) is 30.3 Å². The number of aromatic nitrogens is 1. The molecule has 1 aliphatic rings. The second-order valence-electron chi connectivity index (χ2n) is 8.41. The molecular formula is C26H32Cl2N2O. The molecule has 0 saturated carbocycles. The lowest BCUT2D eigenvalue weighted by Gasteiger charge is -2.15. The largest absolute Gasteiger partial charge is 0.491 e. The first-order valence-corrected chi connectivity index (χ1v) is 12.3. The topological polar surface area (TPSA) is 26.2 Å². The Morgan fingerprint density at radius 1 is 1.06 bits per heavy atom. The molecule has 166 valence electrons. The summed E-state index contributed by atoms with van der Waals surface area (Å²) < 4.78 is 8.67. The van der Waals surface area contributed by atoms with Crippen LogP contribution in [0.25, 0.3) is 10.9 Å². The van der Waals surface area contributed by atoms with Crippen molar-refractivity contribution < 1.29 is 4.74 Å². The molecule has 5 heteroatoms. The first-order chi connectivity index (χ1) is 15.1. The van der Waals surface area contributed by atoms with Gasteiger partial charge >= 0.3 is 0 Å². The van der Waals surface area contributed by atoms with Crippen LogP contribution in [0, 0.1) is 6.92 Å². The van der Waals surface area contributed by atoms with Gasteiger partial charge in [0.2, 0.25) is 0 Å². The van der Waals surface area contributed by atoms with Crippen molar-refractivity contribution in [1.29, 1.82) is 0 Å². The summed E-state index contributed by atoms with van der Waals surface area (Å²) in [7, 11) is 0. The monoisotopic (exact) mass is 458 g/mol. The van der Waals surface area contributed by atoms with Crippen molar-refractivity contribution in [2.45, 2.75) is 58.9 Å². The maximum Gasteiger partial charge on any atom is 0.122 e. The van der Waals surface area contributed by atoms with Crippen molar-refractivity contribution in [1.82, 2.24) is 9.88 Å². The van der Waals surface area contributed by atoms with Gasteiger partial charge in [-0.2, -0.15) is 0 Å². The first-order valence-electron chi connectivity index (χ1n) is 11.5. The van der Waals surface area contributed by atoms with E-state index in [2.05, 4.69) is 41.9 Å². The minimum Gasteiger partial charge on any atom is -0.491 e. The van der Waals surface area contributed by atoms with Crippen LogP contribution in [0.5, 0.6) is 5.75 Å². The first kappa shape index (κ1) is 22.5. The molecule has 0 aliphatic heterocycles. The number of hydrogen-bond acceptors (Lipinski definition) is 2. The van der Waals surface area contributed by atoms with E-state index in [0.29, 0.717) is 16.7 Å². The third-order valence-corrected chi connectivity index (χ3v) is 7.20. The zero-order valence-corrected chi connectivity index (χ0v) is 20.1. The van der Waals surface area contributed by atoms with Gasteiger partial charge in [0, 0.05) is 11.1 Å². The minimum atomic E-state index is 0.598. The molecule has 0 unspecified atom stereocenters. The summed E-state index contributed by atoms with van der Waals surface area (Å²) in [6.07, 6.45) is 7.10. The highest BCUT2D eigenvalue weighted by molar-refractivity contribution is 6.42. The van der Waals surface area contributed by atoms with Crippen molar-refractivity contribution in [2.24, 2.45) is 0 Å². The normalized spacial score (nSPS) is 13.9. The Labute approximate surface area is 195 Å². The average molecular weight is 459 g/mol. The molecule has 0 saturated heterocycles. The van der Waals surface area contributed by atoms with Crippen LogP contribution in [0.4, 0.5) is 0 Å². The Hall–Kier alpha value is -1.68. The number of likely N-dealkylation sites (N-methyl/N-ethyl adjacent to an activating group) is 1. The molecule has 1 aliphatic carbocycles. The van der Waals surface area contributed by atoms with Gasteiger partial charge in [-0.05, 0) is 87.0 Å². The summed E-state index contributed by atoms with van der Waals surface area (Å²) in [4.78, 5) is 0. The minimum absolute atomic E-state index is 0.598. The molecule has 2 aromatic carbocycles. The van der Waals surface area contributed by atoms with Crippen LogP contribution in [0.1, 0.15) is 48.6 Å². The predicted octanol–water partition coefficient (Wildman–Crippen LogP) is 6.76. The number of nitrogens with one attached hydrogen (secondary N) is 1. The van der Waals surface area contributed by atoms with Gasteiger partial charge < -0.3 is 14.6 Å². The lowest BCUT2D eigenvalue weighted by Crippen LogP contribution is -2.16. The number of nitrogens with zero attached hydrogens (tertiary/aromatic N) is 1. The Bertz CT molecular complexity index is 1060. The highest BCUT2D eigenvalue weighted by Gasteiger charge is 2.17.